The standard InChI is InChI=1S/C22H14FN5O3/c23-14-8-6-12(7-9-14)18-19(31-21(27-18)13-4-5-13)20(29)28-22-26-17(11-30-22)16-3-1-2-15(10-24)25-16/h1-3,6-9,11,13H,4-5H2,(H,26,28,29). The van der Waals surface area contributed by atoms with Crippen LogP contribution in [-0.4, -0.2) is 20.9 Å². The fraction of sp³-hybridized carbons (Fsp3) is 0.136. The van der Waals surface area contributed by atoms with Crippen molar-refractivity contribution in [2.45, 2.75) is 18.8 Å². The summed E-state index contributed by atoms with van der Waals surface area (Å²) >= 11 is 0. The maximum Gasteiger partial charge on any atom is 0.302 e. The quantitative estimate of drug-likeness (QED) is 0.509. The summed E-state index contributed by atoms with van der Waals surface area (Å²) in [6.07, 6.45) is 3.22. The largest absolute Gasteiger partial charge is 0.435 e. The molecule has 0 saturated heterocycles. The van der Waals surface area contributed by atoms with Gasteiger partial charge in [0.1, 0.15) is 35.2 Å². The van der Waals surface area contributed by atoms with Crippen LogP contribution in [0.5, 0.6) is 0 Å². The maximum atomic E-state index is 13.3. The molecular formula is C22H14FN5O3. The Labute approximate surface area is 175 Å². The minimum absolute atomic E-state index is 0.00198. The Balaban J connectivity index is 1.42. The van der Waals surface area contributed by atoms with Gasteiger partial charge < -0.3 is 8.83 Å². The lowest BCUT2D eigenvalue weighted by atomic mass is 10.1. The molecule has 0 bridgehead atoms. The Morgan fingerprint density at radius 2 is 1.90 bits per heavy atom. The Morgan fingerprint density at radius 1 is 1.10 bits per heavy atom. The number of oxazole rings is 2. The minimum Gasteiger partial charge on any atom is -0.435 e. The number of nitriles is 1. The van der Waals surface area contributed by atoms with Crippen LogP contribution < -0.4 is 5.32 Å². The molecule has 1 saturated carbocycles. The SMILES string of the molecule is N#Cc1cccc(-c2coc(NC(=O)c3oc(C4CC4)nc3-c3ccc(F)cc3)n2)n1. The monoisotopic (exact) mass is 415 g/mol. The average molecular weight is 415 g/mol. The highest BCUT2D eigenvalue weighted by Gasteiger charge is 2.32. The molecule has 1 fully saturated rings. The lowest BCUT2D eigenvalue weighted by Gasteiger charge is -2.01. The van der Waals surface area contributed by atoms with Gasteiger partial charge in [-0.1, -0.05) is 6.07 Å². The Hall–Kier alpha value is -4.32. The molecule has 152 valence electrons. The third-order valence-electron chi connectivity index (χ3n) is 4.74. The highest BCUT2D eigenvalue weighted by Crippen LogP contribution is 2.41. The van der Waals surface area contributed by atoms with E-state index in [4.69, 9.17) is 14.1 Å². The van der Waals surface area contributed by atoms with Gasteiger partial charge in [-0.3, -0.25) is 10.1 Å². The van der Waals surface area contributed by atoms with Gasteiger partial charge in [0.05, 0.1) is 5.69 Å². The number of pyridine rings is 1. The predicted octanol–water partition coefficient (Wildman–Crippen LogP) is 4.53. The highest BCUT2D eigenvalue weighted by atomic mass is 19.1. The normalized spacial score (nSPS) is 13.0. The molecule has 5 rings (SSSR count). The second-order valence-corrected chi connectivity index (χ2v) is 7.02. The van der Waals surface area contributed by atoms with E-state index in [0.29, 0.717) is 28.5 Å². The lowest BCUT2D eigenvalue weighted by Crippen LogP contribution is -2.12. The zero-order valence-corrected chi connectivity index (χ0v) is 16.0. The van der Waals surface area contributed by atoms with E-state index in [1.807, 2.05) is 6.07 Å². The van der Waals surface area contributed by atoms with Gasteiger partial charge in [0.25, 0.3) is 5.91 Å². The van der Waals surface area contributed by atoms with Crippen molar-refractivity contribution in [3.8, 4) is 28.7 Å². The number of carbonyl (C=O) groups is 1. The first-order chi connectivity index (χ1) is 15.1. The molecule has 8 nitrogen and oxygen atoms in total. The molecule has 1 aliphatic carbocycles. The molecule has 4 aromatic rings. The molecule has 31 heavy (non-hydrogen) atoms. The summed E-state index contributed by atoms with van der Waals surface area (Å²) in [5, 5.41) is 11.5. The molecule has 1 aliphatic rings. The van der Waals surface area contributed by atoms with E-state index in [0.717, 1.165) is 12.8 Å². The highest BCUT2D eigenvalue weighted by molar-refractivity contribution is 6.05. The molecule has 0 spiro atoms. The molecule has 0 radical (unpaired) electrons. The second kappa shape index (κ2) is 7.50. The van der Waals surface area contributed by atoms with Crippen molar-refractivity contribution in [2.75, 3.05) is 5.32 Å². The molecule has 3 aromatic heterocycles. The summed E-state index contributed by atoms with van der Waals surface area (Å²) in [4.78, 5) is 25.7. The molecule has 1 aromatic carbocycles. The van der Waals surface area contributed by atoms with Crippen LogP contribution in [0.1, 0.15) is 40.9 Å². The number of nitrogens with one attached hydrogen (secondary N) is 1. The van der Waals surface area contributed by atoms with Crippen LogP contribution >= 0.6 is 0 Å². The third-order valence-corrected chi connectivity index (χ3v) is 4.74. The molecular weight excluding hydrogens is 401 g/mol. The van der Waals surface area contributed by atoms with Gasteiger partial charge >= 0.3 is 6.01 Å². The van der Waals surface area contributed by atoms with Gasteiger partial charge in [-0.05, 0) is 49.2 Å². The van der Waals surface area contributed by atoms with Gasteiger partial charge in [-0.25, -0.2) is 14.4 Å². The first kappa shape index (κ1) is 18.7. The van der Waals surface area contributed by atoms with E-state index in [1.54, 1.807) is 18.2 Å². The fourth-order valence-corrected chi connectivity index (χ4v) is 3.04. The molecule has 0 aliphatic heterocycles. The number of carbonyl (C=O) groups excluding carboxylic acids is 1. The Bertz CT molecular complexity index is 1320. The Kier molecular flexibility index (Phi) is 4.52. The summed E-state index contributed by atoms with van der Waals surface area (Å²) in [5.41, 5.74) is 1.93. The number of hydrogen-bond acceptors (Lipinski definition) is 7. The van der Waals surface area contributed by atoms with E-state index in [1.165, 1.54) is 30.5 Å². The van der Waals surface area contributed by atoms with E-state index >= 15 is 0 Å². The zero-order chi connectivity index (χ0) is 21.4. The number of rotatable bonds is 5. The first-order valence-electron chi connectivity index (χ1n) is 9.52. The van der Waals surface area contributed by atoms with Crippen LogP contribution in [0.2, 0.25) is 0 Å². The number of aromatic nitrogens is 3. The number of halogens is 1. The molecule has 1 amide bonds. The molecule has 0 atom stereocenters. The number of benzene rings is 1. The fourth-order valence-electron chi connectivity index (χ4n) is 3.04. The second-order valence-electron chi connectivity index (χ2n) is 7.02. The van der Waals surface area contributed by atoms with Crippen LogP contribution in [-0.2, 0) is 0 Å². The van der Waals surface area contributed by atoms with Gasteiger partial charge in [0.2, 0.25) is 5.76 Å². The van der Waals surface area contributed by atoms with Crippen LogP contribution in [0.25, 0.3) is 22.6 Å². The van der Waals surface area contributed by atoms with Gasteiger partial charge in [-0.15, -0.1) is 0 Å². The summed E-state index contributed by atoms with van der Waals surface area (Å²) in [5.74, 6) is -0.312. The van der Waals surface area contributed by atoms with Crippen molar-refractivity contribution in [2.24, 2.45) is 0 Å². The topological polar surface area (TPSA) is 118 Å². The van der Waals surface area contributed by atoms with Gasteiger partial charge in [0, 0.05) is 11.5 Å². The lowest BCUT2D eigenvalue weighted by molar-refractivity contribution is 0.0993. The van der Waals surface area contributed by atoms with Gasteiger partial charge in [0.15, 0.2) is 5.89 Å². The van der Waals surface area contributed by atoms with Gasteiger partial charge in [-0.2, -0.15) is 10.2 Å². The van der Waals surface area contributed by atoms with E-state index in [2.05, 4.69) is 20.3 Å². The molecule has 1 N–H and O–H groups in total. The summed E-state index contributed by atoms with van der Waals surface area (Å²) in [7, 11) is 0. The summed E-state index contributed by atoms with van der Waals surface area (Å²) < 4.78 is 24.4. The molecule has 0 unspecified atom stereocenters. The minimum atomic E-state index is -0.592. The third kappa shape index (κ3) is 3.79. The average Bonchev–Trinajstić information content (AvgIpc) is 3.37. The summed E-state index contributed by atoms with van der Waals surface area (Å²) in [6, 6.07) is 12.5. The Morgan fingerprint density at radius 3 is 2.65 bits per heavy atom. The molecule has 3 heterocycles. The molecule has 9 heteroatoms. The van der Waals surface area contributed by atoms with Crippen molar-refractivity contribution in [1.29, 1.82) is 5.26 Å². The van der Waals surface area contributed by atoms with Crippen molar-refractivity contribution < 1.29 is 18.0 Å². The van der Waals surface area contributed by atoms with Crippen LogP contribution in [0.3, 0.4) is 0 Å². The van der Waals surface area contributed by atoms with Crippen LogP contribution in [0.15, 0.2) is 57.6 Å². The van der Waals surface area contributed by atoms with E-state index < -0.39 is 5.91 Å². The van der Waals surface area contributed by atoms with Crippen LogP contribution in [0, 0.1) is 17.1 Å². The number of hydrogen-bond donors (Lipinski definition) is 1. The first-order valence-corrected chi connectivity index (χ1v) is 9.52. The van der Waals surface area contributed by atoms with Crippen molar-refractivity contribution in [3.05, 3.63) is 71.9 Å². The maximum absolute atomic E-state index is 13.3. The smallest absolute Gasteiger partial charge is 0.302 e. The number of nitrogens with zero attached hydrogens (tertiary/aromatic N) is 4. The summed E-state index contributed by atoms with van der Waals surface area (Å²) in [6.45, 7) is 0. The van der Waals surface area contributed by atoms with Crippen LogP contribution in [0.4, 0.5) is 10.4 Å². The van der Waals surface area contributed by atoms with Crippen molar-refractivity contribution in [1.82, 2.24) is 15.0 Å². The number of amides is 1. The zero-order valence-electron chi connectivity index (χ0n) is 16.0. The van der Waals surface area contributed by atoms with Crippen molar-refractivity contribution >= 4 is 11.9 Å². The van der Waals surface area contributed by atoms with E-state index in [-0.39, 0.29) is 29.2 Å². The van der Waals surface area contributed by atoms with Crippen molar-refractivity contribution in [3.63, 3.8) is 0 Å². The predicted molar refractivity (Wildman–Crippen MR) is 106 cm³/mol. The van der Waals surface area contributed by atoms with E-state index in [9.17, 15) is 9.18 Å². The number of anilines is 1.